The number of nitrogens with zero attached hydrogens (tertiary/aromatic N) is 1. The zero-order valence-corrected chi connectivity index (χ0v) is 12.4. The van der Waals surface area contributed by atoms with Crippen molar-refractivity contribution in [2.45, 2.75) is 6.54 Å². The van der Waals surface area contributed by atoms with Crippen LogP contribution in [0.5, 0.6) is 0 Å². The van der Waals surface area contributed by atoms with Crippen LogP contribution < -0.4 is 10.6 Å². The number of carbonyl (C=O) groups is 1. The monoisotopic (exact) mass is 315 g/mol. The minimum atomic E-state index is -0.203. The average molecular weight is 316 g/mol. The molecule has 2 N–H and O–H groups in total. The lowest BCUT2D eigenvalue weighted by molar-refractivity contribution is 0.0951. The molecule has 0 saturated carbocycles. The van der Waals surface area contributed by atoms with Crippen LogP contribution in [0, 0.1) is 0 Å². The van der Waals surface area contributed by atoms with Crippen molar-refractivity contribution in [3.63, 3.8) is 0 Å². The van der Waals surface area contributed by atoms with Gasteiger partial charge in [0.25, 0.3) is 5.91 Å². The van der Waals surface area contributed by atoms with Gasteiger partial charge >= 0.3 is 0 Å². The van der Waals surface area contributed by atoms with Gasteiger partial charge in [0.15, 0.2) is 0 Å². The number of hydrogen-bond donors (Lipinski definition) is 2. The molecular formula is C12H11Cl2N3OS. The molecule has 0 radical (unpaired) electrons. The molecule has 100 valence electrons. The summed E-state index contributed by atoms with van der Waals surface area (Å²) in [6.45, 7) is 0.436. The molecular weight excluding hydrogens is 305 g/mol. The first-order valence-electron chi connectivity index (χ1n) is 5.46. The molecule has 2 aromatic rings. The predicted octanol–water partition coefficient (Wildman–Crippen LogP) is 3.42. The predicted molar refractivity (Wildman–Crippen MR) is 79.3 cm³/mol. The fraction of sp³-hybridized carbons (Fsp3) is 0.167. The first-order chi connectivity index (χ1) is 9.08. The van der Waals surface area contributed by atoms with E-state index in [9.17, 15) is 4.79 Å². The van der Waals surface area contributed by atoms with Gasteiger partial charge in [-0.2, -0.15) is 0 Å². The minimum absolute atomic E-state index is 0.203. The van der Waals surface area contributed by atoms with Crippen molar-refractivity contribution in [1.29, 1.82) is 0 Å². The van der Waals surface area contributed by atoms with E-state index in [0.717, 1.165) is 4.88 Å². The second-order valence-corrected chi connectivity index (χ2v) is 5.89. The largest absolute Gasteiger partial charge is 0.373 e. The van der Waals surface area contributed by atoms with Gasteiger partial charge in [0.1, 0.15) is 11.0 Å². The smallest absolute Gasteiger partial charge is 0.251 e. The zero-order valence-electron chi connectivity index (χ0n) is 10.0. The molecule has 19 heavy (non-hydrogen) atoms. The Morgan fingerprint density at radius 3 is 2.79 bits per heavy atom. The Balaban J connectivity index is 2.05. The highest BCUT2D eigenvalue weighted by Gasteiger charge is 2.09. The number of amides is 1. The number of carbonyl (C=O) groups excluding carboxylic acids is 1. The maximum Gasteiger partial charge on any atom is 0.251 e. The number of aromatic nitrogens is 1. The standard InChI is InChI=1S/C12H11Cl2N3OS/c1-15-11-5-7(4-9(13)17-11)12(18)16-6-8-2-3-10(14)19-8/h2-5H,6H2,1H3,(H,15,17)(H,16,18). The van der Waals surface area contributed by atoms with E-state index in [1.54, 1.807) is 19.2 Å². The van der Waals surface area contributed by atoms with E-state index in [1.807, 2.05) is 6.07 Å². The molecule has 0 aromatic carbocycles. The van der Waals surface area contributed by atoms with Crippen LogP contribution in [0.4, 0.5) is 5.82 Å². The van der Waals surface area contributed by atoms with Crippen molar-refractivity contribution in [2.75, 3.05) is 12.4 Å². The normalized spacial score (nSPS) is 10.3. The van der Waals surface area contributed by atoms with Crippen molar-refractivity contribution in [3.8, 4) is 0 Å². The molecule has 0 atom stereocenters. The third kappa shape index (κ3) is 3.83. The fourth-order valence-corrected chi connectivity index (χ4v) is 2.71. The first kappa shape index (κ1) is 14.1. The van der Waals surface area contributed by atoms with E-state index >= 15 is 0 Å². The van der Waals surface area contributed by atoms with Crippen LogP contribution in [0.1, 0.15) is 15.2 Å². The van der Waals surface area contributed by atoms with Gasteiger partial charge in [-0.3, -0.25) is 4.79 Å². The SMILES string of the molecule is CNc1cc(C(=O)NCc2ccc(Cl)s2)cc(Cl)n1. The van der Waals surface area contributed by atoms with Crippen LogP contribution in [0.3, 0.4) is 0 Å². The molecule has 0 spiro atoms. The Bertz CT molecular complexity index is 600. The number of pyridine rings is 1. The molecule has 0 aliphatic heterocycles. The van der Waals surface area contributed by atoms with Crippen LogP contribution in [0.25, 0.3) is 0 Å². The number of halogens is 2. The molecule has 2 heterocycles. The van der Waals surface area contributed by atoms with E-state index in [-0.39, 0.29) is 11.1 Å². The number of thiophene rings is 1. The van der Waals surface area contributed by atoms with Crippen LogP contribution in [-0.4, -0.2) is 17.9 Å². The van der Waals surface area contributed by atoms with Gasteiger partial charge in [-0.25, -0.2) is 4.98 Å². The summed E-state index contributed by atoms with van der Waals surface area (Å²) >= 11 is 13.1. The summed E-state index contributed by atoms with van der Waals surface area (Å²) in [7, 11) is 1.72. The molecule has 0 fully saturated rings. The van der Waals surface area contributed by atoms with Crippen LogP contribution >= 0.6 is 34.5 Å². The van der Waals surface area contributed by atoms with Crippen molar-refractivity contribution < 1.29 is 4.79 Å². The molecule has 0 aliphatic carbocycles. The molecule has 4 nitrogen and oxygen atoms in total. The van der Waals surface area contributed by atoms with Crippen LogP contribution in [0.15, 0.2) is 24.3 Å². The lowest BCUT2D eigenvalue weighted by Gasteiger charge is -2.06. The van der Waals surface area contributed by atoms with Crippen molar-refractivity contribution in [1.82, 2.24) is 10.3 Å². The quantitative estimate of drug-likeness (QED) is 0.850. The maximum atomic E-state index is 12.0. The highest BCUT2D eigenvalue weighted by molar-refractivity contribution is 7.16. The van der Waals surface area contributed by atoms with E-state index in [4.69, 9.17) is 23.2 Å². The molecule has 0 unspecified atom stereocenters. The minimum Gasteiger partial charge on any atom is -0.373 e. The van der Waals surface area contributed by atoms with Gasteiger partial charge in [-0.1, -0.05) is 23.2 Å². The highest BCUT2D eigenvalue weighted by atomic mass is 35.5. The van der Waals surface area contributed by atoms with Gasteiger partial charge in [0.05, 0.1) is 10.9 Å². The zero-order chi connectivity index (χ0) is 13.8. The lowest BCUT2D eigenvalue weighted by atomic mass is 10.2. The Morgan fingerprint density at radius 2 is 2.16 bits per heavy atom. The summed E-state index contributed by atoms with van der Waals surface area (Å²) in [5.41, 5.74) is 0.465. The third-order valence-electron chi connectivity index (χ3n) is 2.36. The Hall–Kier alpha value is -1.30. The van der Waals surface area contributed by atoms with Crippen molar-refractivity contribution in [3.05, 3.63) is 44.2 Å². The fourth-order valence-electron chi connectivity index (χ4n) is 1.47. The van der Waals surface area contributed by atoms with Crippen molar-refractivity contribution >= 4 is 46.3 Å². The summed E-state index contributed by atoms with van der Waals surface area (Å²) in [6.07, 6.45) is 0. The number of hydrogen-bond acceptors (Lipinski definition) is 4. The molecule has 0 bridgehead atoms. The third-order valence-corrected chi connectivity index (χ3v) is 3.79. The molecule has 1 amide bonds. The van der Waals surface area contributed by atoms with Gasteiger partial charge in [0, 0.05) is 17.5 Å². The van der Waals surface area contributed by atoms with E-state index in [1.165, 1.54) is 17.4 Å². The molecule has 0 aliphatic rings. The molecule has 2 aromatic heterocycles. The number of nitrogens with one attached hydrogen (secondary N) is 2. The Kier molecular flexibility index (Phi) is 4.63. The number of anilines is 1. The molecule has 7 heteroatoms. The molecule has 2 rings (SSSR count). The van der Waals surface area contributed by atoms with Gasteiger partial charge in [0.2, 0.25) is 0 Å². The van der Waals surface area contributed by atoms with Gasteiger partial charge in [-0.05, 0) is 24.3 Å². The summed E-state index contributed by atoms with van der Waals surface area (Å²) in [6, 6.07) is 6.85. The summed E-state index contributed by atoms with van der Waals surface area (Å²) < 4.78 is 0.702. The topological polar surface area (TPSA) is 54.0 Å². The van der Waals surface area contributed by atoms with Crippen molar-refractivity contribution in [2.24, 2.45) is 0 Å². The van der Waals surface area contributed by atoms with Gasteiger partial charge < -0.3 is 10.6 Å². The molecule has 0 saturated heterocycles. The summed E-state index contributed by atoms with van der Waals surface area (Å²) in [5.74, 6) is 0.349. The second-order valence-electron chi connectivity index (χ2n) is 3.70. The lowest BCUT2D eigenvalue weighted by Crippen LogP contribution is -2.22. The Labute approximate surface area is 124 Å². The summed E-state index contributed by atoms with van der Waals surface area (Å²) in [5, 5.41) is 5.93. The Morgan fingerprint density at radius 1 is 1.37 bits per heavy atom. The van der Waals surface area contributed by atoms with E-state index in [0.29, 0.717) is 22.3 Å². The highest BCUT2D eigenvalue weighted by Crippen LogP contribution is 2.21. The maximum absolute atomic E-state index is 12.0. The summed E-state index contributed by atoms with van der Waals surface area (Å²) in [4.78, 5) is 17.0. The van der Waals surface area contributed by atoms with Gasteiger partial charge in [-0.15, -0.1) is 11.3 Å². The first-order valence-corrected chi connectivity index (χ1v) is 7.03. The number of rotatable bonds is 4. The van der Waals surface area contributed by atoms with E-state index < -0.39 is 0 Å². The van der Waals surface area contributed by atoms with E-state index in [2.05, 4.69) is 15.6 Å². The second kappa shape index (κ2) is 6.23. The van der Waals surface area contributed by atoms with Crippen LogP contribution in [0.2, 0.25) is 9.49 Å². The van der Waals surface area contributed by atoms with Crippen LogP contribution in [-0.2, 0) is 6.54 Å². The average Bonchev–Trinajstić information content (AvgIpc) is 2.81.